The van der Waals surface area contributed by atoms with Crippen LogP contribution in [0.5, 0.6) is 0 Å². The second-order valence-electron chi connectivity index (χ2n) is 9.79. The Bertz CT molecular complexity index is 1600. The fraction of sp³-hybridized carbons (Fsp3) is 0.360. The largest absolute Gasteiger partial charge is 0.323 e. The Labute approximate surface area is 213 Å². The molecular weight excluding hydrogens is 495 g/mol. The summed E-state index contributed by atoms with van der Waals surface area (Å²) in [5.41, 5.74) is 3.59. The van der Waals surface area contributed by atoms with Crippen molar-refractivity contribution in [2.75, 3.05) is 17.3 Å². The van der Waals surface area contributed by atoms with Crippen molar-refractivity contribution in [3.05, 3.63) is 53.7 Å². The number of benzene rings is 1. The lowest BCUT2D eigenvalue weighted by atomic mass is 10.1. The number of hydrogen-bond donors (Lipinski definition) is 2. The van der Waals surface area contributed by atoms with Crippen LogP contribution in [-0.4, -0.2) is 50.7 Å². The van der Waals surface area contributed by atoms with Crippen LogP contribution in [0.3, 0.4) is 0 Å². The number of H-pyrrole nitrogens is 1. The Morgan fingerprint density at radius 2 is 1.95 bits per heavy atom. The summed E-state index contributed by atoms with van der Waals surface area (Å²) in [5, 5.41) is 14.4. The summed E-state index contributed by atoms with van der Waals surface area (Å²) >= 11 is 0. The minimum Gasteiger partial charge on any atom is -0.323 e. The standard InChI is InChI=1S/C25H27FN8O2S/c1-14-10-21(32-31-14)28-24-22(15-4-5-15)23(16-12-27-33(2)13-16)29-25(30-24)34(3)20-9-8-18(11-19(20)26)37(35,36)17-6-7-17/h8-13,15,17H,4-7H2,1-3H3,(H2,28,29,30,31,32). The maximum Gasteiger partial charge on any atom is 0.232 e. The highest BCUT2D eigenvalue weighted by Gasteiger charge is 2.37. The van der Waals surface area contributed by atoms with Crippen molar-refractivity contribution in [1.29, 1.82) is 0 Å². The van der Waals surface area contributed by atoms with Crippen molar-refractivity contribution in [2.45, 2.75) is 48.7 Å². The summed E-state index contributed by atoms with van der Waals surface area (Å²) in [7, 11) is -0.000398. The molecule has 6 rings (SSSR count). The first-order valence-electron chi connectivity index (χ1n) is 12.2. The van der Waals surface area contributed by atoms with Gasteiger partial charge < -0.3 is 10.2 Å². The summed E-state index contributed by atoms with van der Waals surface area (Å²) < 4.78 is 42.2. The van der Waals surface area contributed by atoms with E-state index in [0.29, 0.717) is 30.4 Å². The number of rotatable bonds is 8. The van der Waals surface area contributed by atoms with Crippen molar-refractivity contribution >= 4 is 33.1 Å². The summed E-state index contributed by atoms with van der Waals surface area (Å²) in [6, 6.07) is 5.89. The normalized spacial score (nSPS) is 15.7. The first kappa shape index (κ1) is 23.6. The molecule has 2 aliphatic rings. The maximum absolute atomic E-state index is 15.3. The molecule has 3 heterocycles. The number of nitrogens with one attached hydrogen (secondary N) is 2. The Hall–Kier alpha value is -3.80. The van der Waals surface area contributed by atoms with E-state index in [0.717, 1.165) is 41.4 Å². The molecule has 3 aromatic heterocycles. The highest BCUT2D eigenvalue weighted by molar-refractivity contribution is 7.92. The van der Waals surface area contributed by atoms with Gasteiger partial charge in [0.1, 0.15) is 11.6 Å². The number of anilines is 4. The number of aromatic amines is 1. The van der Waals surface area contributed by atoms with Crippen molar-refractivity contribution in [1.82, 2.24) is 29.9 Å². The SMILES string of the molecule is Cc1cc(Nc2nc(N(C)c3ccc(S(=O)(=O)C4CC4)cc3F)nc(-c3cnn(C)c3)c2C2CC2)n[nH]1. The predicted molar refractivity (Wildman–Crippen MR) is 137 cm³/mol. The lowest BCUT2D eigenvalue weighted by Crippen LogP contribution is -2.17. The van der Waals surface area contributed by atoms with Crippen LogP contribution in [0, 0.1) is 12.7 Å². The van der Waals surface area contributed by atoms with Crippen LogP contribution in [0.2, 0.25) is 0 Å². The van der Waals surface area contributed by atoms with Crippen LogP contribution in [0.1, 0.15) is 42.9 Å². The predicted octanol–water partition coefficient (Wildman–Crippen LogP) is 4.37. The molecule has 0 aliphatic heterocycles. The van der Waals surface area contributed by atoms with Crippen LogP contribution in [0.4, 0.5) is 27.7 Å². The fourth-order valence-electron chi connectivity index (χ4n) is 4.44. The molecule has 2 N–H and O–H groups in total. The van der Waals surface area contributed by atoms with E-state index in [4.69, 9.17) is 9.97 Å². The molecule has 0 atom stereocenters. The van der Waals surface area contributed by atoms with Crippen molar-refractivity contribution in [2.24, 2.45) is 7.05 Å². The van der Waals surface area contributed by atoms with Crippen molar-refractivity contribution in [3.8, 4) is 11.3 Å². The zero-order valence-corrected chi connectivity index (χ0v) is 21.5. The van der Waals surface area contributed by atoms with Gasteiger partial charge in [0.05, 0.1) is 27.7 Å². The van der Waals surface area contributed by atoms with Crippen LogP contribution in [0.25, 0.3) is 11.3 Å². The number of hydrogen-bond acceptors (Lipinski definition) is 8. The first-order valence-corrected chi connectivity index (χ1v) is 13.7. The van der Waals surface area contributed by atoms with E-state index in [1.165, 1.54) is 17.0 Å². The minimum atomic E-state index is -3.50. The lowest BCUT2D eigenvalue weighted by Gasteiger charge is -2.22. The van der Waals surface area contributed by atoms with Gasteiger partial charge in [0.2, 0.25) is 5.95 Å². The van der Waals surface area contributed by atoms with Crippen molar-refractivity contribution < 1.29 is 12.8 Å². The van der Waals surface area contributed by atoms with Crippen molar-refractivity contribution in [3.63, 3.8) is 0 Å². The number of sulfone groups is 1. The summed E-state index contributed by atoms with van der Waals surface area (Å²) in [4.78, 5) is 11.2. The van der Waals surface area contributed by atoms with Crippen LogP contribution >= 0.6 is 0 Å². The second kappa shape index (κ2) is 8.65. The molecule has 1 aromatic carbocycles. The average molecular weight is 523 g/mol. The Morgan fingerprint density at radius 3 is 2.54 bits per heavy atom. The van der Waals surface area contributed by atoms with Gasteiger partial charge in [0, 0.05) is 43.2 Å². The van der Waals surface area contributed by atoms with Gasteiger partial charge >= 0.3 is 0 Å². The molecule has 0 spiro atoms. The maximum atomic E-state index is 15.3. The van der Waals surface area contributed by atoms with Gasteiger partial charge in [-0.05, 0) is 56.7 Å². The Kier molecular flexibility index (Phi) is 5.51. The first-order chi connectivity index (χ1) is 17.7. The van der Waals surface area contributed by atoms with Gasteiger partial charge in [0.25, 0.3) is 0 Å². The molecule has 2 fully saturated rings. The number of aromatic nitrogens is 6. The third-order valence-electron chi connectivity index (χ3n) is 6.72. The summed E-state index contributed by atoms with van der Waals surface area (Å²) in [6.07, 6.45) is 6.92. The average Bonchev–Trinajstić information content (AvgIpc) is 3.79. The molecule has 2 saturated carbocycles. The molecule has 0 radical (unpaired) electrons. The van der Waals surface area contributed by atoms with Gasteiger partial charge in [-0.3, -0.25) is 9.78 Å². The van der Waals surface area contributed by atoms with Crippen LogP contribution < -0.4 is 10.2 Å². The van der Waals surface area contributed by atoms with E-state index in [-0.39, 0.29) is 16.5 Å². The highest BCUT2D eigenvalue weighted by Crippen LogP contribution is 2.48. The van der Waals surface area contributed by atoms with E-state index in [1.54, 1.807) is 17.9 Å². The third kappa shape index (κ3) is 4.45. The number of nitrogens with zero attached hydrogens (tertiary/aromatic N) is 6. The molecule has 0 unspecified atom stereocenters. The minimum absolute atomic E-state index is 0.00181. The van der Waals surface area contributed by atoms with Gasteiger partial charge in [-0.1, -0.05) is 0 Å². The number of aryl methyl sites for hydroxylation is 2. The lowest BCUT2D eigenvalue weighted by molar-refractivity contribution is 0.589. The zero-order valence-electron chi connectivity index (χ0n) is 20.7. The van der Waals surface area contributed by atoms with E-state index >= 15 is 4.39 Å². The van der Waals surface area contributed by atoms with E-state index in [2.05, 4.69) is 20.6 Å². The molecule has 12 heteroatoms. The Balaban J connectivity index is 1.45. The molecule has 0 amide bonds. The molecule has 2 aliphatic carbocycles. The van der Waals surface area contributed by atoms with Gasteiger partial charge in [-0.15, -0.1) is 0 Å². The number of halogens is 1. The third-order valence-corrected chi connectivity index (χ3v) is 8.98. The molecule has 4 aromatic rings. The fourth-order valence-corrected chi connectivity index (χ4v) is 6.11. The van der Waals surface area contributed by atoms with Gasteiger partial charge in [-0.25, -0.2) is 17.8 Å². The summed E-state index contributed by atoms with van der Waals surface area (Å²) in [6.45, 7) is 1.91. The highest BCUT2D eigenvalue weighted by atomic mass is 32.2. The topological polar surface area (TPSA) is 122 Å². The van der Waals surface area contributed by atoms with Gasteiger partial charge in [-0.2, -0.15) is 15.2 Å². The van der Waals surface area contributed by atoms with E-state index < -0.39 is 20.9 Å². The molecular formula is C25H27FN8O2S. The molecule has 0 bridgehead atoms. The quantitative estimate of drug-likeness (QED) is 0.350. The smallest absolute Gasteiger partial charge is 0.232 e. The Morgan fingerprint density at radius 1 is 1.16 bits per heavy atom. The molecule has 192 valence electrons. The monoisotopic (exact) mass is 522 g/mol. The zero-order chi connectivity index (χ0) is 25.9. The van der Waals surface area contributed by atoms with Gasteiger partial charge in [0.15, 0.2) is 15.7 Å². The second-order valence-corrected chi connectivity index (χ2v) is 12.0. The van der Waals surface area contributed by atoms with Crippen LogP contribution in [-0.2, 0) is 16.9 Å². The molecule has 37 heavy (non-hydrogen) atoms. The van der Waals surface area contributed by atoms with Crippen LogP contribution in [0.15, 0.2) is 41.6 Å². The summed E-state index contributed by atoms with van der Waals surface area (Å²) in [5.74, 6) is 1.11. The molecule has 0 saturated heterocycles. The van der Waals surface area contributed by atoms with E-state index in [9.17, 15) is 8.42 Å². The van der Waals surface area contributed by atoms with E-state index in [1.807, 2.05) is 26.2 Å². The molecule has 10 nitrogen and oxygen atoms in total.